The molecule has 2 aromatic carbocycles. The summed E-state index contributed by atoms with van der Waals surface area (Å²) in [7, 11) is 1.92. The first-order valence-corrected chi connectivity index (χ1v) is 7.61. The van der Waals surface area contributed by atoms with Gasteiger partial charge in [0, 0.05) is 17.1 Å². The molecule has 0 aliphatic rings. The first-order valence-electron chi connectivity index (χ1n) is 7.24. The fraction of sp³-hybridized carbons (Fsp3) is 0.167. The monoisotopic (exact) mass is 311 g/mol. The highest BCUT2D eigenvalue weighted by Gasteiger charge is 2.11. The second-order valence-corrected chi connectivity index (χ2v) is 5.74. The Labute approximate surface area is 135 Å². The number of benzene rings is 2. The van der Waals surface area contributed by atoms with E-state index in [1.807, 2.05) is 36.0 Å². The van der Waals surface area contributed by atoms with Crippen molar-refractivity contribution in [1.29, 1.82) is 0 Å². The SMILES string of the molecule is CNCc1cc(-c2ccc(Cl)cc2)n(-c2ccc(C)cc2)n1. The molecule has 0 aliphatic carbocycles. The molecule has 22 heavy (non-hydrogen) atoms. The van der Waals surface area contributed by atoms with Crippen molar-refractivity contribution >= 4 is 11.6 Å². The van der Waals surface area contributed by atoms with Gasteiger partial charge in [-0.1, -0.05) is 41.4 Å². The first kappa shape index (κ1) is 14.8. The number of hydrogen-bond acceptors (Lipinski definition) is 2. The van der Waals surface area contributed by atoms with E-state index in [4.69, 9.17) is 16.7 Å². The van der Waals surface area contributed by atoms with Gasteiger partial charge in [-0.15, -0.1) is 0 Å². The molecule has 0 bridgehead atoms. The molecule has 3 rings (SSSR count). The minimum atomic E-state index is 0.736. The summed E-state index contributed by atoms with van der Waals surface area (Å²) < 4.78 is 1.98. The normalized spacial score (nSPS) is 10.9. The van der Waals surface area contributed by atoms with E-state index in [1.54, 1.807) is 0 Å². The van der Waals surface area contributed by atoms with Gasteiger partial charge >= 0.3 is 0 Å². The maximum atomic E-state index is 6.00. The van der Waals surface area contributed by atoms with E-state index >= 15 is 0 Å². The van der Waals surface area contributed by atoms with Gasteiger partial charge in [0.05, 0.1) is 17.1 Å². The summed E-state index contributed by atoms with van der Waals surface area (Å²) in [5.41, 5.74) is 5.45. The average Bonchev–Trinajstić information content (AvgIpc) is 2.93. The quantitative estimate of drug-likeness (QED) is 0.782. The van der Waals surface area contributed by atoms with Crippen LogP contribution in [0.1, 0.15) is 11.3 Å². The van der Waals surface area contributed by atoms with Gasteiger partial charge in [0.25, 0.3) is 0 Å². The Morgan fingerprint density at radius 1 is 1.05 bits per heavy atom. The standard InChI is InChI=1S/C18H18ClN3/c1-13-3-9-17(10-4-13)22-18(11-16(21-22)12-20-2)14-5-7-15(19)8-6-14/h3-11,20H,12H2,1-2H3. The van der Waals surface area contributed by atoms with Crippen LogP contribution >= 0.6 is 11.6 Å². The minimum Gasteiger partial charge on any atom is -0.314 e. The molecule has 0 unspecified atom stereocenters. The van der Waals surface area contributed by atoms with Crippen LogP contribution in [0.3, 0.4) is 0 Å². The lowest BCUT2D eigenvalue weighted by Gasteiger charge is -2.08. The maximum Gasteiger partial charge on any atom is 0.0773 e. The van der Waals surface area contributed by atoms with E-state index in [1.165, 1.54) is 5.56 Å². The molecule has 3 nitrogen and oxygen atoms in total. The van der Waals surface area contributed by atoms with Crippen LogP contribution < -0.4 is 5.32 Å². The lowest BCUT2D eigenvalue weighted by molar-refractivity contribution is 0.758. The molecule has 3 aromatic rings. The maximum absolute atomic E-state index is 6.00. The molecule has 1 aromatic heterocycles. The van der Waals surface area contributed by atoms with Crippen LogP contribution in [0.4, 0.5) is 0 Å². The van der Waals surface area contributed by atoms with Crippen molar-refractivity contribution in [2.75, 3.05) is 7.05 Å². The zero-order valence-corrected chi connectivity index (χ0v) is 13.4. The van der Waals surface area contributed by atoms with Crippen LogP contribution in [0.15, 0.2) is 54.6 Å². The second-order valence-electron chi connectivity index (χ2n) is 5.31. The lowest BCUT2D eigenvalue weighted by Crippen LogP contribution is -2.06. The summed E-state index contributed by atoms with van der Waals surface area (Å²) >= 11 is 6.00. The van der Waals surface area contributed by atoms with E-state index in [0.717, 1.165) is 34.2 Å². The van der Waals surface area contributed by atoms with E-state index < -0.39 is 0 Å². The van der Waals surface area contributed by atoms with E-state index in [-0.39, 0.29) is 0 Å². The number of halogens is 1. The number of rotatable bonds is 4. The summed E-state index contributed by atoms with van der Waals surface area (Å²) in [5.74, 6) is 0. The fourth-order valence-electron chi connectivity index (χ4n) is 2.41. The van der Waals surface area contributed by atoms with Gasteiger partial charge in [0.15, 0.2) is 0 Å². The number of nitrogens with zero attached hydrogens (tertiary/aromatic N) is 2. The summed E-state index contributed by atoms with van der Waals surface area (Å²) in [5, 5.41) is 8.61. The van der Waals surface area contributed by atoms with Crippen LogP contribution in [-0.4, -0.2) is 16.8 Å². The molecular weight excluding hydrogens is 294 g/mol. The Bertz CT molecular complexity index is 695. The predicted molar refractivity (Wildman–Crippen MR) is 91.5 cm³/mol. The molecule has 0 aliphatic heterocycles. The minimum absolute atomic E-state index is 0.736. The molecular formula is C18H18ClN3. The zero-order valence-electron chi connectivity index (χ0n) is 12.7. The third-order valence-corrected chi connectivity index (χ3v) is 3.79. The molecule has 4 heteroatoms. The van der Waals surface area contributed by atoms with Crippen molar-refractivity contribution in [3.8, 4) is 16.9 Å². The van der Waals surface area contributed by atoms with Crippen LogP contribution in [0.5, 0.6) is 0 Å². The average molecular weight is 312 g/mol. The Morgan fingerprint density at radius 3 is 2.36 bits per heavy atom. The van der Waals surface area contributed by atoms with Crippen molar-refractivity contribution in [2.24, 2.45) is 0 Å². The number of aromatic nitrogens is 2. The Hall–Kier alpha value is -2.10. The predicted octanol–water partition coefficient (Wildman–Crippen LogP) is 4.22. The van der Waals surface area contributed by atoms with E-state index in [0.29, 0.717) is 0 Å². The van der Waals surface area contributed by atoms with Gasteiger partial charge in [0.2, 0.25) is 0 Å². The third kappa shape index (κ3) is 3.06. The second kappa shape index (κ2) is 6.34. The third-order valence-electron chi connectivity index (χ3n) is 3.54. The smallest absolute Gasteiger partial charge is 0.0773 e. The van der Waals surface area contributed by atoms with Crippen LogP contribution in [0.25, 0.3) is 16.9 Å². The lowest BCUT2D eigenvalue weighted by atomic mass is 10.1. The molecule has 112 valence electrons. The Balaban J connectivity index is 2.11. The Morgan fingerprint density at radius 2 is 1.73 bits per heavy atom. The molecule has 0 atom stereocenters. The molecule has 0 amide bonds. The summed E-state index contributed by atoms with van der Waals surface area (Å²) in [6.45, 7) is 2.82. The molecule has 0 fully saturated rings. The van der Waals surface area contributed by atoms with Crippen LogP contribution in [-0.2, 0) is 6.54 Å². The highest BCUT2D eigenvalue weighted by Crippen LogP contribution is 2.25. The summed E-state index contributed by atoms with van der Waals surface area (Å²) in [6.07, 6.45) is 0. The van der Waals surface area contributed by atoms with Crippen molar-refractivity contribution in [3.05, 3.63) is 70.9 Å². The van der Waals surface area contributed by atoms with Crippen molar-refractivity contribution in [3.63, 3.8) is 0 Å². The Kier molecular flexibility index (Phi) is 4.27. The van der Waals surface area contributed by atoms with Crippen molar-refractivity contribution in [2.45, 2.75) is 13.5 Å². The number of nitrogens with one attached hydrogen (secondary N) is 1. The fourth-order valence-corrected chi connectivity index (χ4v) is 2.53. The topological polar surface area (TPSA) is 29.9 Å². The molecule has 0 spiro atoms. The molecule has 1 heterocycles. The zero-order chi connectivity index (χ0) is 15.5. The largest absolute Gasteiger partial charge is 0.314 e. The highest BCUT2D eigenvalue weighted by atomic mass is 35.5. The molecule has 1 N–H and O–H groups in total. The van der Waals surface area contributed by atoms with E-state index in [2.05, 4.69) is 42.6 Å². The van der Waals surface area contributed by atoms with Gasteiger partial charge in [-0.05, 0) is 44.3 Å². The molecule has 0 saturated carbocycles. The van der Waals surface area contributed by atoms with Crippen molar-refractivity contribution in [1.82, 2.24) is 15.1 Å². The molecule has 0 radical (unpaired) electrons. The van der Waals surface area contributed by atoms with E-state index in [9.17, 15) is 0 Å². The molecule has 0 saturated heterocycles. The van der Waals surface area contributed by atoms with Gasteiger partial charge in [-0.3, -0.25) is 0 Å². The number of hydrogen-bond donors (Lipinski definition) is 1. The van der Waals surface area contributed by atoms with Gasteiger partial charge < -0.3 is 5.32 Å². The van der Waals surface area contributed by atoms with Gasteiger partial charge in [0.1, 0.15) is 0 Å². The van der Waals surface area contributed by atoms with Crippen molar-refractivity contribution < 1.29 is 0 Å². The number of aryl methyl sites for hydroxylation is 1. The summed E-state index contributed by atoms with van der Waals surface area (Å²) in [6, 6.07) is 18.3. The van der Waals surface area contributed by atoms with Crippen LogP contribution in [0.2, 0.25) is 5.02 Å². The first-order chi connectivity index (χ1) is 10.7. The summed E-state index contributed by atoms with van der Waals surface area (Å²) in [4.78, 5) is 0. The van der Waals surface area contributed by atoms with Gasteiger partial charge in [-0.25, -0.2) is 4.68 Å². The van der Waals surface area contributed by atoms with Gasteiger partial charge in [-0.2, -0.15) is 5.10 Å². The highest BCUT2D eigenvalue weighted by molar-refractivity contribution is 6.30. The van der Waals surface area contributed by atoms with Crippen LogP contribution in [0, 0.1) is 6.92 Å².